The van der Waals surface area contributed by atoms with Crippen molar-refractivity contribution in [3.8, 4) is 5.88 Å². The molecule has 2 rings (SSSR count). The van der Waals surface area contributed by atoms with Crippen molar-refractivity contribution in [2.24, 2.45) is 10.9 Å². The molecule has 1 aromatic carbocycles. The highest BCUT2D eigenvalue weighted by Gasteiger charge is 2.10. The van der Waals surface area contributed by atoms with E-state index in [9.17, 15) is 0 Å². The molecule has 0 saturated heterocycles. The summed E-state index contributed by atoms with van der Waals surface area (Å²) >= 11 is 0. The van der Waals surface area contributed by atoms with E-state index in [4.69, 9.17) is 15.7 Å². The lowest BCUT2D eigenvalue weighted by Gasteiger charge is -2.11. The largest absolute Gasteiger partial charge is 0.478 e. The highest BCUT2D eigenvalue weighted by atomic mass is 16.5. The quantitative estimate of drug-likeness (QED) is 0.278. The number of hydrogen-bond donors (Lipinski definition) is 2. The molecule has 0 fully saturated rings. The molecular formula is C15H20N4O2. The van der Waals surface area contributed by atoms with Gasteiger partial charge in [-0.2, -0.15) is 0 Å². The highest BCUT2D eigenvalue weighted by Crippen LogP contribution is 2.22. The molecule has 1 aromatic heterocycles. The summed E-state index contributed by atoms with van der Waals surface area (Å²) in [6.07, 6.45) is 0.903. The molecule has 0 bridgehead atoms. The van der Waals surface area contributed by atoms with Crippen LogP contribution in [-0.4, -0.2) is 48.2 Å². The average molecular weight is 288 g/mol. The maximum atomic E-state index is 8.91. The van der Waals surface area contributed by atoms with Crippen molar-refractivity contribution in [2.45, 2.75) is 6.42 Å². The van der Waals surface area contributed by atoms with Gasteiger partial charge in [-0.05, 0) is 26.6 Å². The monoisotopic (exact) mass is 288 g/mol. The molecule has 1 heterocycles. The lowest BCUT2D eigenvalue weighted by Crippen LogP contribution is -2.16. The first-order valence-corrected chi connectivity index (χ1v) is 6.77. The first-order chi connectivity index (χ1) is 10.1. The molecule has 0 aliphatic rings. The van der Waals surface area contributed by atoms with Gasteiger partial charge in [0.15, 0.2) is 5.84 Å². The third-order valence-electron chi connectivity index (χ3n) is 3.08. The number of para-hydroxylation sites is 1. The van der Waals surface area contributed by atoms with Gasteiger partial charge in [0.25, 0.3) is 0 Å². The van der Waals surface area contributed by atoms with E-state index in [1.807, 2.05) is 38.4 Å². The van der Waals surface area contributed by atoms with E-state index in [-0.39, 0.29) is 5.84 Å². The minimum absolute atomic E-state index is 0.0479. The van der Waals surface area contributed by atoms with Gasteiger partial charge in [-0.15, -0.1) is 0 Å². The Kier molecular flexibility index (Phi) is 4.94. The molecule has 3 N–H and O–H groups in total. The zero-order valence-corrected chi connectivity index (χ0v) is 12.3. The maximum Gasteiger partial charge on any atom is 0.214 e. The molecule has 0 unspecified atom stereocenters. The van der Waals surface area contributed by atoms with E-state index < -0.39 is 0 Å². The normalized spacial score (nSPS) is 12.0. The molecule has 2 aromatic rings. The second kappa shape index (κ2) is 6.90. The summed E-state index contributed by atoms with van der Waals surface area (Å²) in [4.78, 5) is 6.54. The Hall–Kier alpha value is -2.34. The number of hydrogen-bond acceptors (Lipinski definition) is 5. The summed E-state index contributed by atoms with van der Waals surface area (Å²) < 4.78 is 5.67. The highest BCUT2D eigenvalue weighted by molar-refractivity contribution is 6.08. The van der Waals surface area contributed by atoms with Gasteiger partial charge in [0.2, 0.25) is 5.88 Å². The first-order valence-electron chi connectivity index (χ1n) is 6.77. The Morgan fingerprint density at radius 3 is 2.86 bits per heavy atom. The van der Waals surface area contributed by atoms with Crippen LogP contribution in [0.5, 0.6) is 5.88 Å². The molecule has 0 aliphatic carbocycles. The second-order valence-corrected chi connectivity index (χ2v) is 5.02. The summed E-state index contributed by atoms with van der Waals surface area (Å²) in [7, 11) is 4.04. The third kappa shape index (κ3) is 3.82. The van der Waals surface area contributed by atoms with E-state index in [0.717, 1.165) is 23.9 Å². The molecule has 21 heavy (non-hydrogen) atoms. The van der Waals surface area contributed by atoms with Crippen molar-refractivity contribution in [2.75, 3.05) is 27.2 Å². The number of rotatable bonds is 6. The van der Waals surface area contributed by atoms with Crippen LogP contribution in [0.1, 0.15) is 12.0 Å². The van der Waals surface area contributed by atoms with Crippen LogP contribution in [0.25, 0.3) is 10.9 Å². The van der Waals surface area contributed by atoms with Gasteiger partial charge < -0.3 is 20.6 Å². The maximum absolute atomic E-state index is 8.91. The van der Waals surface area contributed by atoms with Crippen molar-refractivity contribution in [1.82, 2.24) is 9.88 Å². The zero-order valence-electron chi connectivity index (χ0n) is 12.3. The fraction of sp³-hybridized carbons (Fsp3) is 0.333. The second-order valence-electron chi connectivity index (χ2n) is 5.02. The molecule has 0 saturated carbocycles. The smallest absolute Gasteiger partial charge is 0.214 e. The number of amidine groups is 1. The van der Waals surface area contributed by atoms with Crippen molar-refractivity contribution in [3.05, 3.63) is 35.9 Å². The van der Waals surface area contributed by atoms with Crippen LogP contribution in [-0.2, 0) is 0 Å². The Morgan fingerprint density at radius 2 is 2.14 bits per heavy atom. The molecule has 0 atom stereocenters. The van der Waals surface area contributed by atoms with Crippen LogP contribution in [0, 0.1) is 0 Å². The van der Waals surface area contributed by atoms with Crippen LogP contribution in [0.2, 0.25) is 0 Å². The van der Waals surface area contributed by atoms with Gasteiger partial charge in [0.1, 0.15) is 0 Å². The molecule has 0 spiro atoms. The first kappa shape index (κ1) is 15.1. The number of fused-ring (bicyclic) bond motifs is 1. The molecular weight excluding hydrogens is 268 g/mol. The third-order valence-corrected chi connectivity index (χ3v) is 3.08. The van der Waals surface area contributed by atoms with E-state index in [2.05, 4.69) is 15.0 Å². The van der Waals surface area contributed by atoms with E-state index in [1.165, 1.54) is 0 Å². The summed E-state index contributed by atoms with van der Waals surface area (Å²) in [5, 5.41) is 12.8. The summed E-state index contributed by atoms with van der Waals surface area (Å²) in [6, 6.07) is 9.23. The van der Waals surface area contributed by atoms with Crippen LogP contribution in [0.3, 0.4) is 0 Å². The standard InChI is InChI=1S/C15H20N4O2/c1-19(2)8-5-9-21-14-10-12(15(16)18-20)11-6-3-4-7-13(11)17-14/h3-4,6-7,10,20H,5,8-9H2,1-2H3,(H2,16,18). The van der Waals surface area contributed by atoms with Crippen LogP contribution in [0.4, 0.5) is 0 Å². The summed E-state index contributed by atoms with van der Waals surface area (Å²) in [5.41, 5.74) is 7.10. The lowest BCUT2D eigenvalue weighted by atomic mass is 10.1. The Balaban J connectivity index is 2.25. The number of ether oxygens (including phenoxy) is 1. The SMILES string of the molecule is CN(C)CCCOc1cc(C(N)=NO)c2ccccc2n1. The summed E-state index contributed by atoms with van der Waals surface area (Å²) in [6.45, 7) is 1.51. The van der Waals surface area contributed by atoms with Gasteiger partial charge in [0.05, 0.1) is 12.1 Å². The van der Waals surface area contributed by atoms with Crippen LogP contribution < -0.4 is 10.5 Å². The fourth-order valence-electron chi connectivity index (χ4n) is 2.05. The predicted octanol–water partition coefficient (Wildman–Crippen LogP) is 1.66. The van der Waals surface area contributed by atoms with E-state index in [0.29, 0.717) is 18.1 Å². The Bertz CT molecular complexity index is 641. The Labute approximate surface area is 123 Å². The van der Waals surface area contributed by atoms with Gasteiger partial charge in [0, 0.05) is 23.6 Å². The van der Waals surface area contributed by atoms with E-state index >= 15 is 0 Å². The number of nitrogens with two attached hydrogens (primary N) is 1. The van der Waals surface area contributed by atoms with Gasteiger partial charge in [-0.3, -0.25) is 0 Å². The fourth-order valence-corrected chi connectivity index (χ4v) is 2.05. The lowest BCUT2D eigenvalue weighted by molar-refractivity contribution is 0.274. The predicted molar refractivity (Wildman–Crippen MR) is 82.9 cm³/mol. The van der Waals surface area contributed by atoms with Gasteiger partial charge >= 0.3 is 0 Å². The number of nitrogens with zero attached hydrogens (tertiary/aromatic N) is 3. The number of benzene rings is 1. The minimum atomic E-state index is 0.0479. The number of aromatic nitrogens is 1. The number of pyridine rings is 1. The van der Waals surface area contributed by atoms with Crippen LogP contribution >= 0.6 is 0 Å². The van der Waals surface area contributed by atoms with Crippen molar-refractivity contribution in [1.29, 1.82) is 0 Å². The molecule has 112 valence electrons. The molecule has 6 nitrogen and oxygen atoms in total. The number of oxime groups is 1. The van der Waals surface area contributed by atoms with Gasteiger partial charge in [-0.25, -0.2) is 4.98 Å². The summed E-state index contributed by atoms with van der Waals surface area (Å²) in [5.74, 6) is 0.529. The van der Waals surface area contributed by atoms with Crippen molar-refractivity contribution < 1.29 is 9.94 Å². The molecule has 0 amide bonds. The van der Waals surface area contributed by atoms with Crippen molar-refractivity contribution in [3.63, 3.8) is 0 Å². The average Bonchev–Trinajstić information content (AvgIpc) is 2.49. The van der Waals surface area contributed by atoms with Crippen molar-refractivity contribution >= 4 is 16.7 Å². The van der Waals surface area contributed by atoms with E-state index in [1.54, 1.807) is 6.07 Å². The molecule has 6 heteroatoms. The zero-order chi connectivity index (χ0) is 15.2. The van der Waals surface area contributed by atoms with Gasteiger partial charge in [-0.1, -0.05) is 23.4 Å². The molecule has 0 aliphatic heterocycles. The topological polar surface area (TPSA) is 84.0 Å². The minimum Gasteiger partial charge on any atom is -0.478 e. The van der Waals surface area contributed by atoms with Crippen LogP contribution in [0.15, 0.2) is 35.5 Å². The molecule has 0 radical (unpaired) electrons. The Morgan fingerprint density at radius 1 is 1.38 bits per heavy atom.